The molecule has 1 aromatic carbocycles. The quantitative estimate of drug-likeness (QED) is 0.384. The molecule has 0 atom stereocenters. The van der Waals surface area contributed by atoms with E-state index in [4.69, 9.17) is 10.6 Å². The van der Waals surface area contributed by atoms with Crippen LogP contribution in [0.15, 0.2) is 34.8 Å². The SMILES string of the molecule is Nn1c(SCc2csc(COc3ccc(F)cc3)n2)nnc1C(F)(F)F. The molecule has 0 aliphatic rings. The number of nitrogens with zero attached hydrogens (tertiary/aromatic N) is 4. The molecule has 2 aromatic heterocycles. The topological polar surface area (TPSA) is 78.9 Å². The van der Waals surface area contributed by atoms with Gasteiger partial charge in [0, 0.05) is 11.1 Å². The van der Waals surface area contributed by atoms with Crippen molar-refractivity contribution in [2.45, 2.75) is 23.7 Å². The van der Waals surface area contributed by atoms with Crippen LogP contribution in [-0.4, -0.2) is 19.9 Å². The number of ether oxygens (including phenoxy) is 1. The van der Waals surface area contributed by atoms with Crippen LogP contribution in [0.1, 0.15) is 16.5 Å². The number of benzene rings is 1. The van der Waals surface area contributed by atoms with E-state index >= 15 is 0 Å². The molecule has 0 unspecified atom stereocenters. The Labute approximate surface area is 153 Å². The van der Waals surface area contributed by atoms with Crippen LogP contribution in [-0.2, 0) is 18.5 Å². The minimum absolute atomic E-state index is 0.0607. The van der Waals surface area contributed by atoms with Crippen LogP contribution < -0.4 is 10.6 Å². The normalized spacial score (nSPS) is 11.7. The van der Waals surface area contributed by atoms with Crippen molar-refractivity contribution in [3.05, 3.63) is 52.0 Å². The van der Waals surface area contributed by atoms with Crippen LogP contribution in [0.3, 0.4) is 0 Å². The van der Waals surface area contributed by atoms with Crippen molar-refractivity contribution in [2.24, 2.45) is 0 Å². The number of hydrogen-bond donors (Lipinski definition) is 1. The van der Waals surface area contributed by atoms with Crippen molar-refractivity contribution >= 4 is 23.1 Å². The molecule has 138 valence electrons. The van der Waals surface area contributed by atoms with Gasteiger partial charge in [-0.3, -0.25) is 0 Å². The fourth-order valence-electron chi connectivity index (χ4n) is 1.86. The second-order valence-electron chi connectivity index (χ2n) is 4.94. The van der Waals surface area contributed by atoms with E-state index in [9.17, 15) is 17.6 Å². The van der Waals surface area contributed by atoms with Crippen LogP contribution in [0.5, 0.6) is 5.75 Å². The predicted octanol–water partition coefficient (Wildman–Crippen LogP) is 3.48. The largest absolute Gasteiger partial charge is 0.486 e. The van der Waals surface area contributed by atoms with E-state index in [0.29, 0.717) is 21.1 Å². The lowest BCUT2D eigenvalue weighted by Crippen LogP contribution is -2.21. The Morgan fingerprint density at radius 1 is 1.19 bits per heavy atom. The number of thiazole rings is 1. The zero-order valence-electron chi connectivity index (χ0n) is 12.9. The maximum atomic E-state index is 12.8. The number of alkyl halides is 3. The van der Waals surface area contributed by atoms with Crippen molar-refractivity contribution in [3.8, 4) is 5.75 Å². The van der Waals surface area contributed by atoms with E-state index in [0.717, 1.165) is 11.8 Å². The fraction of sp³-hybridized carbons (Fsp3) is 0.214. The summed E-state index contributed by atoms with van der Waals surface area (Å²) in [7, 11) is 0. The Morgan fingerprint density at radius 2 is 1.92 bits per heavy atom. The summed E-state index contributed by atoms with van der Waals surface area (Å²) < 4.78 is 56.6. The van der Waals surface area contributed by atoms with Crippen molar-refractivity contribution in [3.63, 3.8) is 0 Å². The van der Waals surface area contributed by atoms with Gasteiger partial charge in [0.05, 0.1) is 5.69 Å². The van der Waals surface area contributed by atoms with Gasteiger partial charge >= 0.3 is 6.18 Å². The average Bonchev–Trinajstić information content (AvgIpc) is 3.18. The first-order chi connectivity index (χ1) is 12.3. The van der Waals surface area contributed by atoms with Crippen LogP contribution in [0.4, 0.5) is 17.6 Å². The summed E-state index contributed by atoms with van der Waals surface area (Å²) in [5.41, 5.74) is 0.647. The predicted molar refractivity (Wildman–Crippen MR) is 87.6 cm³/mol. The van der Waals surface area contributed by atoms with Crippen molar-refractivity contribution in [1.29, 1.82) is 0 Å². The number of halogens is 4. The molecule has 0 saturated heterocycles. The van der Waals surface area contributed by atoms with Gasteiger partial charge < -0.3 is 10.6 Å². The molecule has 3 rings (SSSR count). The molecular weight excluding hydrogens is 394 g/mol. The first kappa shape index (κ1) is 18.5. The van der Waals surface area contributed by atoms with Gasteiger partial charge in [-0.05, 0) is 24.3 Å². The van der Waals surface area contributed by atoms with E-state index < -0.39 is 12.0 Å². The molecule has 0 fully saturated rings. The highest BCUT2D eigenvalue weighted by Crippen LogP contribution is 2.30. The number of thioether (sulfide) groups is 1. The van der Waals surface area contributed by atoms with Gasteiger partial charge in [-0.15, -0.1) is 21.5 Å². The number of nitrogen functional groups attached to an aromatic ring is 1. The van der Waals surface area contributed by atoms with Gasteiger partial charge in [-0.1, -0.05) is 11.8 Å². The van der Waals surface area contributed by atoms with E-state index in [1.54, 1.807) is 5.38 Å². The molecular formula is C14H11F4N5OS2. The Bertz CT molecular complexity index is 878. The summed E-state index contributed by atoms with van der Waals surface area (Å²) in [6, 6.07) is 5.59. The monoisotopic (exact) mass is 405 g/mol. The summed E-state index contributed by atoms with van der Waals surface area (Å²) in [4.78, 5) is 4.32. The van der Waals surface area contributed by atoms with E-state index in [-0.39, 0.29) is 23.3 Å². The van der Waals surface area contributed by atoms with Gasteiger partial charge in [-0.2, -0.15) is 13.2 Å². The number of rotatable bonds is 6. The highest BCUT2D eigenvalue weighted by molar-refractivity contribution is 7.98. The van der Waals surface area contributed by atoms with Crippen molar-refractivity contribution < 1.29 is 22.3 Å². The Balaban J connectivity index is 1.55. The van der Waals surface area contributed by atoms with Gasteiger partial charge in [0.25, 0.3) is 5.82 Å². The molecule has 0 aliphatic carbocycles. The summed E-state index contributed by atoms with van der Waals surface area (Å²) in [6.45, 7) is 0.201. The second kappa shape index (κ2) is 7.50. The van der Waals surface area contributed by atoms with Crippen molar-refractivity contribution in [1.82, 2.24) is 19.9 Å². The smallest absolute Gasteiger partial charge is 0.453 e. The molecule has 0 bridgehead atoms. The summed E-state index contributed by atoms with van der Waals surface area (Å²) >= 11 is 2.34. The minimum Gasteiger partial charge on any atom is -0.486 e. The summed E-state index contributed by atoms with van der Waals surface area (Å²) in [5, 5.41) is 8.87. The molecule has 0 aliphatic heterocycles. The molecule has 2 heterocycles. The fourth-order valence-corrected chi connectivity index (χ4v) is 3.42. The van der Waals surface area contributed by atoms with Gasteiger partial charge in [0.15, 0.2) is 0 Å². The van der Waals surface area contributed by atoms with E-state index in [2.05, 4.69) is 15.2 Å². The number of hydrogen-bond acceptors (Lipinski definition) is 7. The average molecular weight is 405 g/mol. The van der Waals surface area contributed by atoms with Crippen LogP contribution in [0.25, 0.3) is 0 Å². The van der Waals surface area contributed by atoms with Crippen LogP contribution >= 0.6 is 23.1 Å². The second-order valence-corrected chi connectivity index (χ2v) is 6.82. The highest BCUT2D eigenvalue weighted by atomic mass is 32.2. The Kier molecular flexibility index (Phi) is 5.32. The van der Waals surface area contributed by atoms with Crippen LogP contribution in [0, 0.1) is 5.82 Å². The molecule has 0 radical (unpaired) electrons. The van der Waals surface area contributed by atoms with Crippen molar-refractivity contribution in [2.75, 3.05) is 5.84 Å². The third-order valence-corrected chi connectivity index (χ3v) is 4.89. The molecule has 0 spiro atoms. The summed E-state index contributed by atoms with van der Waals surface area (Å²) in [5.74, 6) is 4.54. The molecule has 2 N–H and O–H groups in total. The lowest BCUT2D eigenvalue weighted by molar-refractivity contribution is -0.146. The van der Waals surface area contributed by atoms with Gasteiger partial charge in [0.1, 0.15) is 23.2 Å². The van der Waals surface area contributed by atoms with Crippen LogP contribution in [0.2, 0.25) is 0 Å². The Morgan fingerprint density at radius 3 is 2.58 bits per heavy atom. The van der Waals surface area contributed by atoms with Gasteiger partial charge in [0.2, 0.25) is 5.16 Å². The molecule has 26 heavy (non-hydrogen) atoms. The zero-order valence-corrected chi connectivity index (χ0v) is 14.5. The minimum atomic E-state index is -4.66. The first-order valence-corrected chi connectivity index (χ1v) is 8.91. The van der Waals surface area contributed by atoms with E-state index in [1.807, 2.05) is 0 Å². The molecule has 0 saturated carbocycles. The molecule has 3 aromatic rings. The van der Waals surface area contributed by atoms with Gasteiger partial charge in [-0.25, -0.2) is 14.1 Å². The molecule has 6 nitrogen and oxygen atoms in total. The first-order valence-electron chi connectivity index (χ1n) is 7.05. The Hall–Kier alpha value is -2.34. The maximum absolute atomic E-state index is 12.8. The highest BCUT2D eigenvalue weighted by Gasteiger charge is 2.38. The summed E-state index contributed by atoms with van der Waals surface area (Å²) in [6.07, 6.45) is -4.66. The zero-order chi connectivity index (χ0) is 18.7. The maximum Gasteiger partial charge on any atom is 0.453 e. The molecule has 0 amide bonds. The number of aromatic nitrogens is 4. The van der Waals surface area contributed by atoms with E-state index in [1.165, 1.54) is 35.6 Å². The third kappa shape index (κ3) is 4.43. The standard InChI is InChI=1S/C14H11F4N5OS2/c15-8-1-3-10(4-2-8)24-5-11-20-9(6-25-11)7-26-13-22-21-12(23(13)19)14(16,17)18/h1-4,6H,5,7,19H2. The molecule has 12 heteroatoms. The number of nitrogens with two attached hydrogens (primary N) is 1. The lowest BCUT2D eigenvalue weighted by Gasteiger charge is -2.05. The third-order valence-electron chi connectivity index (χ3n) is 3.04. The lowest BCUT2D eigenvalue weighted by atomic mass is 10.3.